The minimum Gasteiger partial charge on any atom is -0.481 e. The van der Waals surface area contributed by atoms with E-state index < -0.39 is 15.8 Å². The second-order valence-electron chi connectivity index (χ2n) is 5.86. The van der Waals surface area contributed by atoms with Crippen molar-refractivity contribution >= 4 is 15.8 Å². The molecule has 6 heteroatoms. The minimum atomic E-state index is -2.82. The predicted octanol–water partition coefficient (Wildman–Crippen LogP) is 1.04. The van der Waals surface area contributed by atoms with Crippen molar-refractivity contribution in [3.05, 3.63) is 0 Å². The van der Waals surface area contributed by atoms with E-state index in [-0.39, 0.29) is 29.4 Å². The second kappa shape index (κ2) is 6.02. The number of carboxylic acid groups (broad SMARTS) is 1. The fourth-order valence-corrected chi connectivity index (χ4v) is 3.85. The van der Waals surface area contributed by atoms with Gasteiger partial charge in [-0.05, 0) is 31.2 Å². The zero-order valence-corrected chi connectivity index (χ0v) is 11.9. The van der Waals surface area contributed by atoms with Crippen molar-refractivity contribution in [1.29, 1.82) is 0 Å². The van der Waals surface area contributed by atoms with Crippen LogP contribution in [0.5, 0.6) is 0 Å². The van der Waals surface area contributed by atoms with Gasteiger partial charge in [0.2, 0.25) is 0 Å². The third kappa shape index (κ3) is 5.82. The van der Waals surface area contributed by atoms with E-state index in [4.69, 9.17) is 5.11 Å². The van der Waals surface area contributed by atoms with Crippen LogP contribution in [-0.4, -0.2) is 43.6 Å². The molecule has 1 atom stereocenters. The van der Waals surface area contributed by atoms with E-state index in [1.165, 1.54) is 0 Å². The van der Waals surface area contributed by atoms with Crippen LogP contribution in [0.3, 0.4) is 0 Å². The summed E-state index contributed by atoms with van der Waals surface area (Å²) in [7, 11) is -2.82. The standard InChI is InChI=1S/C12H23NO4S/c1-12(2,5-3-11(14)15)6-7-13-10-4-8-18(16,17)9-10/h10,13H,3-9H2,1-2H3,(H,14,15). The highest BCUT2D eigenvalue weighted by atomic mass is 32.2. The van der Waals surface area contributed by atoms with Gasteiger partial charge in [0, 0.05) is 12.5 Å². The van der Waals surface area contributed by atoms with Crippen LogP contribution in [0.1, 0.15) is 39.5 Å². The smallest absolute Gasteiger partial charge is 0.303 e. The summed E-state index contributed by atoms with van der Waals surface area (Å²) in [5.74, 6) is -0.242. The Labute approximate surface area is 109 Å². The first-order valence-corrected chi connectivity index (χ1v) is 8.18. The van der Waals surface area contributed by atoms with Gasteiger partial charge >= 0.3 is 5.97 Å². The van der Waals surface area contributed by atoms with E-state index >= 15 is 0 Å². The number of rotatable bonds is 7. The minimum absolute atomic E-state index is 0.0249. The summed E-state index contributed by atoms with van der Waals surface area (Å²) in [4.78, 5) is 10.5. The van der Waals surface area contributed by atoms with E-state index in [0.717, 1.165) is 13.0 Å². The highest BCUT2D eigenvalue weighted by molar-refractivity contribution is 7.91. The summed E-state index contributed by atoms with van der Waals surface area (Å²) in [6, 6.07) is 0.0743. The first kappa shape index (κ1) is 15.4. The maximum Gasteiger partial charge on any atom is 0.303 e. The molecule has 0 spiro atoms. The van der Waals surface area contributed by atoms with Gasteiger partial charge in [-0.1, -0.05) is 13.8 Å². The first-order chi connectivity index (χ1) is 8.20. The molecule has 1 rings (SSSR count). The van der Waals surface area contributed by atoms with Crippen LogP contribution in [-0.2, 0) is 14.6 Å². The molecule has 0 aliphatic carbocycles. The Kier molecular flexibility index (Phi) is 5.16. The van der Waals surface area contributed by atoms with Crippen LogP contribution in [0.25, 0.3) is 0 Å². The number of carbonyl (C=O) groups is 1. The summed E-state index contributed by atoms with van der Waals surface area (Å²) >= 11 is 0. The van der Waals surface area contributed by atoms with Crippen LogP contribution in [0.2, 0.25) is 0 Å². The fraction of sp³-hybridized carbons (Fsp3) is 0.917. The van der Waals surface area contributed by atoms with Crippen molar-refractivity contribution in [2.24, 2.45) is 5.41 Å². The molecule has 18 heavy (non-hydrogen) atoms. The Bertz CT molecular complexity index is 389. The molecule has 0 aromatic carbocycles. The molecular formula is C12H23NO4S. The molecule has 0 aromatic heterocycles. The second-order valence-corrected chi connectivity index (χ2v) is 8.09. The summed E-state index contributed by atoms with van der Waals surface area (Å²) < 4.78 is 22.5. The molecule has 1 aliphatic heterocycles. The zero-order chi connectivity index (χ0) is 13.8. The van der Waals surface area contributed by atoms with Gasteiger partial charge < -0.3 is 10.4 Å². The molecule has 0 amide bonds. The topological polar surface area (TPSA) is 83.5 Å². The molecule has 0 saturated carbocycles. The van der Waals surface area contributed by atoms with Gasteiger partial charge in [0.15, 0.2) is 9.84 Å². The van der Waals surface area contributed by atoms with Crippen LogP contribution < -0.4 is 5.32 Å². The Morgan fingerprint density at radius 2 is 2.06 bits per heavy atom. The average Bonchev–Trinajstić information content (AvgIpc) is 2.55. The van der Waals surface area contributed by atoms with Crippen molar-refractivity contribution in [2.75, 3.05) is 18.1 Å². The van der Waals surface area contributed by atoms with Crippen LogP contribution in [0, 0.1) is 5.41 Å². The van der Waals surface area contributed by atoms with Gasteiger partial charge in [-0.2, -0.15) is 0 Å². The number of carboxylic acids is 1. The van der Waals surface area contributed by atoms with Crippen molar-refractivity contribution in [3.63, 3.8) is 0 Å². The van der Waals surface area contributed by atoms with Crippen LogP contribution in [0.15, 0.2) is 0 Å². The average molecular weight is 277 g/mol. The molecule has 106 valence electrons. The number of aliphatic carboxylic acids is 1. The molecule has 1 aliphatic rings. The largest absolute Gasteiger partial charge is 0.481 e. The lowest BCUT2D eigenvalue weighted by molar-refractivity contribution is -0.137. The molecule has 0 aromatic rings. The number of hydrogen-bond donors (Lipinski definition) is 2. The highest BCUT2D eigenvalue weighted by Gasteiger charge is 2.27. The Balaban J connectivity index is 2.23. The maximum atomic E-state index is 11.3. The van der Waals surface area contributed by atoms with E-state index in [9.17, 15) is 13.2 Å². The normalized spacial score (nSPS) is 23.1. The summed E-state index contributed by atoms with van der Waals surface area (Å²) in [5.41, 5.74) is -0.0249. The predicted molar refractivity (Wildman–Crippen MR) is 70.3 cm³/mol. The summed E-state index contributed by atoms with van der Waals surface area (Å²) in [6.45, 7) is 4.83. The van der Waals surface area contributed by atoms with E-state index in [1.807, 2.05) is 13.8 Å². The van der Waals surface area contributed by atoms with Crippen molar-refractivity contribution < 1.29 is 18.3 Å². The van der Waals surface area contributed by atoms with Crippen molar-refractivity contribution in [1.82, 2.24) is 5.32 Å². The first-order valence-electron chi connectivity index (χ1n) is 6.36. The third-order valence-electron chi connectivity index (χ3n) is 3.48. The van der Waals surface area contributed by atoms with Gasteiger partial charge in [0.25, 0.3) is 0 Å². The van der Waals surface area contributed by atoms with Crippen LogP contribution in [0.4, 0.5) is 0 Å². The van der Waals surface area contributed by atoms with Crippen LogP contribution >= 0.6 is 0 Å². The lowest BCUT2D eigenvalue weighted by Gasteiger charge is -2.24. The summed E-state index contributed by atoms with van der Waals surface area (Å²) in [5, 5.41) is 11.9. The molecule has 1 heterocycles. The Morgan fingerprint density at radius 3 is 2.56 bits per heavy atom. The molecule has 5 nitrogen and oxygen atoms in total. The number of nitrogens with one attached hydrogen (secondary N) is 1. The third-order valence-corrected chi connectivity index (χ3v) is 5.25. The molecule has 2 N–H and O–H groups in total. The van der Waals surface area contributed by atoms with Crippen molar-refractivity contribution in [3.8, 4) is 0 Å². The van der Waals surface area contributed by atoms with E-state index in [1.54, 1.807) is 0 Å². The molecule has 0 radical (unpaired) electrons. The fourth-order valence-electron chi connectivity index (χ4n) is 2.14. The van der Waals surface area contributed by atoms with Gasteiger partial charge in [0.1, 0.15) is 0 Å². The van der Waals surface area contributed by atoms with Gasteiger partial charge in [-0.3, -0.25) is 4.79 Å². The lowest BCUT2D eigenvalue weighted by atomic mass is 9.84. The molecule has 0 bridgehead atoms. The zero-order valence-electron chi connectivity index (χ0n) is 11.1. The van der Waals surface area contributed by atoms with Gasteiger partial charge in [-0.15, -0.1) is 0 Å². The van der Waals surface area contributed by atoms with E-state index in [2.05, 4.69) is 5.32 Å². The maximum absolute atomic E-state index is 11.3. The quantitative estimate of drug-likeness (QED) is 0.726. The number of hydrogen-bond acceptors (Lipinski definition) is 4. The Hall–Kier alpha value is -0.620. The molecule has 1 saturated heterocycles. The van der Waals surface area contributed by atoms with Gasteiger partial charge in [0.05, 0.1) is 11.5 Å². The van der Waals surface area contributed by atoms with E-state index in [0.29, 0.717) is 12.8 Å². The molecule has 1 fully saturated rings. The Morgan fingerprint density at radius 1 is 1.39 bits per heavy atom. The lowest BCUT2D eigenvalue weighted by Crippen LogP contribution is -2.33. The summed E-state index contributed by atoms with van der Waals surface area (Å²) in [6.07, 6.45) is 2.38. The van der Waals surface area contributed by atoms with Gasteiger partial charge in [-0.25, -0.2) is 8.42 Å². The SMILES string of the molecule is CC(C)(CCNC1CCS(=O)(=O)C1)CCC(=O)O. The molecule has 1 unspecified atom stereocenters. The number of sulfone groups is 1. The van der Waals surface area contributed by atoms with Crippen molar-refractivity contribution in [2.45, 2.75) is 45.6 Å². The monoisotopic (exact) mass is 277 g/mol. The highest BCUT2D eigenvalue weighted by Crippen LogP contribution is 2.26. The molecular weight excluding hydrogens is 254 g/mol.